The summed E-state index contributed by atoms with van der Waals surface area (Å²) in [5, 5.41) is 0. The maximum absolute atomic E-state index is 13.1. The Morgan fingerprint density at radius 2 is 0.938 bits per heavy atom. The summed E-state index contributed by atoms with van der Waals surface area (Å²) in [6, 6.07) is 30.3. The minimum absolute atomic E-state index is 0.634. The van der Waals surface area contributed by atoms with E-state index in [1.54, 1.807) is 12.1 Å². The van der Waals surface area contributed by atoms with E-state index in [1.807, 2.05) is 30.3 Å². The van der Waals surface area contributed by atoms with Crippen LogP contribution in [-0.4, -0.2) is 0 Å². The zero-order chi connectivity index (χ0) is 21.9. The van der Waals surface area contributed by atoms with Gasteiger partial charge in [0.15, 0.2) is 0 Å². The molecule has 154 valence electrons. The Labute approximate surface area is 184 Å². The van der Waals surface area contributed by atoms with Gasteiger partial charge in [0.25, 0.3) is 0 Å². The van der Waals surface area contributed by atoms with Crippen LogP contribution in [0.2, 0.25) is 0 Å². The second-order valence-electron chi connectivity index (χ2n) is 8.06. The van der Waals surface area contributed by atoms with Crippen molar-refractivity contribution < 1.29 is 13.2 Å². The molecule has 0 saturated heterocycles. The normalized spacial score (nSPS) is 14.2. The van der Waals surface area contributed by atoms with Gasteiger partial charge in [0, 0.05) is 0 Å². The van der Waals surface area contributed by atoms with Crippen LogP contribution in [0.3, 0.4) is 0 Å². The summed E-state index contributed by atoms with van der Waals surface area (Å²) >= 11 is 0. The highest BCUT2D eigenvalue weighted by atomic mass is 19.4. The van der Waals surface area contributed by atoms with Crippen LogP contribution in [0.25, 0.3) is 27.8 Å². The lowest BCUT2D eigenvalue weighted by atomic mass is 9.94. The van der Waals surface area contributed by atoms with Gasteiger partial charge in [-0.05, 0) is 73.9 Å². The third-order valence-electron chi connectivity index (χ3n) is 6.27. The molecule has 0 amide bonds. The van der Waals surface area contributed by atoms with Crippen molar-refractivity contribution in [2.24, 2.45) is 0 Å². The van der Waals surface area contributed by atoms with E-state index >= 15 is 0 Å². The molecule has 0 N–H and O–H groups in total. The summed E-state index contributed by atoms with van der Waals surface area (Å²) < 4.78 is 39.2. The van der Waals surface area contributed by atoms with Crippen LogP contribution in [-0.2, 0) is 6.18 Å². The molecule has 0 spiro atoms. The Bertz CT molecular complexity index is 1390. The summed E-state index contributed by atoms with van der Waals surface area (Å²) in [5.74, 6) is 0. The Hall–Kier alpha value is -3.85. The molecule has 0 heterocycles. The lowest BCUT2D eigenvalue weighted by Crippen LogP contribution is -2.04. The number of benzene rings is 4. The maximum Gasteiger partial charge on any atom is 0.416 e. The first-order valence-corrected chi connectivity index (χ1v) is 10.4. The molecule has 0 radical (unpaired) electrons. The molecule has 0 aliphatic heterocycles. The van der Waals surface area contributed by atoms with Crippen molar-refractivity contribution in [1.29, 1.82) is 0 Å². The van der Waals surface area contributed by atoms with Gasteiger partial charge >= 0.3 is 6.18 Å². The molecule has 0 aromatic heterocycles. The molecule has 0 bridgehead atoms. The van der Waals surface area contributed by atoms with Crippen molar-refractivity contribution in [2.75, 3.05) is 0 Å². The molecule has 6 rings (SSSR count). The molecule has 4 aromatic carbocycles. The summed E-state index contributed by atoms with van der Waals surface area (Å²) in [6.07, 6.45) is -2.22. The fourth-order valence-corrected chi connectivity index (χ4v) is 4.84. The molecule has 0 saturated carbocycles. The minimum atomic E-state index is -4.34. The number of hydrogen-bond acceptors (Lipinski definition) is 0. The highest BCUT2D eigenvalue weighted by molar-refractivity contribution is 6.17. The van der Waals surface area contributed by atoms with Crippen molar-refractivity contribution >= 4 is 16.7 Å². The quantitative estimate of drug-likeness (QED) is 0.256. The lowest BCUT2D eigenvalue weighted by molar-refractivity contribution is -0.137. The van der Waals surface area contributed by atoms with E-state index in [2.05, 4.69) is 48.5 Å². The average Bonchev–Trinajstić information content (AvgIpc) is 3.35. The van der Waals surface area contributed by atoms with Crippen molar-refractivity contribution in [3.63, 3.8) is 0 Å². The van der Waals surface area contributed by atoms with Crippen LogP contribution in [0.15, 0.2) is 103 Å². The molecular weight excluding hydrogens is 405 g/mol. The van der Waals surface area contributed by atoms with Gasteiger partial charge in [0.05, 0.1) is 5.56 Å². The Morgan fingerprint density at radius 3 is 1.47 bits per heavy atom. The van der Waals surface area contributed by atoms with Gasteiger partial charge in [0.2, 0.25) is 0 Å². The largest absolute Gasteiger partial charge is 0.416 e. The summed E-state index contributed by atoms with van der Waals surface area (Å²) in [7, 11) is 0. The Balaban J connectivity index is 1.60. The summed E-state index contributed by atoms with van der Waals surface area (Å²) in [4.78, 5) is 0. The number of hydrogen-bond donors (Lipinski definition) is 0. The molecule has 0 nitrogen and oxygen atoms in total. The van der Waals surface area contributed by atoms with Crippen molar-refractivity contribution in [2.45, 2.75) is 6.18 Å². The third kappa shape index (κ3) is 2.78. The number of allylic oxidation sites excluding steroid dienone is 2. The van der Waals surface area contributed by atoms with Gasteiger partial charge in [-0.2, -0.15) is 13.2 Å². The highest BCUT2D eigenvalue weighted by Crippen LogP contribution is 2.51. The third-order valence-corrected chi connectivity index (χ3v) is 6.27. The number of rotatable bonds is 1. The molecule has 3 heteroatoms. The molecule has 0 unspecified atom stereocenters. The average molecular weight is 422 g/mol. The predicted octanol–water partition coefficient (Wildman–Crippen LogP) is 8.09. The standard InChI is InChI=1S/C29H17F3/c30-29(31,32)19-15-13-18(14-16-19)26-17-27(23-10-2-1-9-22(23)26)28-24-11-5-3-7-20(24)21-8-4-6-12-25(21)28/h1-17H. The van der Waals surface area contributed by atoms with E-state index in [-0.39, 0.29) is 0 Å². The van der Waals surface area contributed by atoms with Gasteiger partial charge in [-0.15, -0.1) is 0 Å². The second-order valence-corrected chi connectivity index (χ2v) is 8.06. The Kier molecular flexibility index (Phi) is 4.03. The zero-order valence-corrected chi connectivity index (χ0v) is 16.9. The molecule has 0 atom stereocenters. The van der Waals surface area contributed by atoms with Crippen LogP contribution in [0, 0.1) is 0 Å². The first-order chi connectivity index (χ1) is 15.5. The molecule has 32 heavy (non-hydrogen) atoms. The lowest BCUT2D eigenvalue weighted by Gasteiger charge is -2.10. The summed E-state index contributed by atoms with van der Waals surface area (Å²) in [6.45, 7) is 0. The van der Waals surface area contributed by atoms with E-state index in [0.717, 1.165) is 40.0 Å². The van der Waals surface area contributed by atoms with Crippen LogP contribution in [0.5, 0.6) is 0 Å². The SMILES string of the molecule is FC(F)(F)c1ccc(C2=CC(=C3c4ccccc4-c4ccccc43)c3ccccc32)cc1. The number of fused-ring (bicyclic) bond motifs is 4. The van der Waals surface area contributed by atoms with E-state index < -0.39 is 11.7 Å². The minimum Gasteiger partial charge on any atom is -0.166 e. The number of alkyl halides is 3. The van der Waals surface area contributed by atoms with Crippen LogP contribution in [0.1, 0.15) is 33.4 Å². The van der Waals surface area contributed by atoms with Gasteiger partial charge in [-0.1, -0.05) is 84.9 Å². The highest BCUT2D eigenvalue weighted by Gasteiger charge is 2.31. The first kappa shape index (κ1) is 18.9. The zero-order valence-electron chi connectivity index (χ0n) is 16.9. The van der Waals surface area contributed by atoms with Gasteiger partial charge in [-0.3, -0.25) is 0 Å². The summed E-state index contributed by atoms with van der Waals surface area (Å²) in [5.41, 5.74) is 10.3. The van der Waals surface area contributed by atoms with Crippen molar-refractivity contribution in [3.05, 3.63) is 137 Å². The van der Waals surface area contributed by atoms with E-state index in [1.165, 1.54) is 27.8 Å². The molecule has 2 aliphatic rings. The van der Waals surface area contributed by atoms with E-state index in [4.69, 9.17) is 0 Å². The Morgan fingerprint density at radius 1 is 0.469 bits per heavy atom. The van der Waals surface area contributed by atoms with Gasteiger partial charge in [-0.25, -0.2) is 0 Å². The van der Waals surface area contributed by atoms with E-state index in [9.17, 15) is 13.2 Å². The molecule has 4 aromatic rings. The molecule has 2 aliphatic carbocycles. The van der Waals surface area contributed by atoms with E-state index in [0.29, 0.717) is 0 Å². The molecular formula is C29H17F3. The van der Waals surface area contributed by atoms with Crippen LogP contribution < -0.4 is 0 Å². The number of halogens is 3. The topological polar surface area (TPSA) is 0 Å². The van der Waals surface area contributed by atoms with Crippen LogP contribution >= 0.6 is 0 Å². The predicted molar refractivity (Wildman–Crippen MR) is 123 cm³/mol. The fraction of sp³-hybridized carbons (Fsp3) is 0.0345. The van der Waals surface area contributed by atoms with Crippen LogP contribution in [0.4, 0.5) is 13.2 Å². The van der Waals surface area contributed by atoms with Gasteiger partial charge in [0.1, 0.15) is 0 Å². The fourth-order valence-electron chi connectivity index (χ4n) is 4.84. The van der Waals surface area contributed by atoms with Gasteiger partial charge < -0.3 is 0 Å². The maximum atomic E-state index is 13.1. The van der Waals surface area contributed by atoms with Crippen molar-refractivity contribution in [3.8, 4) is 11.1 Å². The first-order valence-electron chi connectivity index (χ1n) is 10.4. The molecule has 0 fully saturated rings. The smallest absolute Gasteiger partial charge is 0.166 e. The second kappa shape index (κ2) is 6.83. The monoisotopic (exact) mass is 422 g/mol. The van der Waals surface area contributed by atoms with Crippen molar-refractivity contribution in [1.82, 2.24) is 0 Å².